The molecule has 2 fully saturated rings. The third kappa shape index (κ3) is 3.80. The van der Waals surface area contributed by atoms with Crippen molar-refractivity contribution in [3.8, 4) is 5.75 Å². The highest BCUT2D eigenvalue weighted by Crippen LogP contribution is 2.40. The van der Waals surface area contributed by atoms with Crippen LogP contribution >= 0.6 is 11.6 Å². The molecule has 5 heteroatoms. The summed E-state index contributed by atoms with van der Waals surface area (Å²) in [5.74, 6) is 1.64. The Bertz CT molecular complexity index is 760. The Kier molecular flexibility index (Phi) is 5.02. The number of anilines is 1. The highest BCUT2D eigenvalue weighted by molar-refractivity contribution is 6.33. The van der Waals surface area contributed by atoms with Crippen molar-refractivity contribution in [3.05, 3.63) is 59.6 Å². The third-order valence-electron chi connectivity index (χ3n) is 5.23. The van der Waals surface area contributed by atoms with Gasteiger partial charge in [-0.25, -0.2) is 0 Å². The minimum Gasteiger partial charge on any atom is -0.493 e. The number of halogens is 1. The monoisotopic (exact) mass is 370 g/mol. The fraction of sp³-hybridized carbons (Fsp3) is 0.381. The van der Waals surface area contributed by atoms with Crippen molar-refractivity contribution in [2.75, 3.05) is 37.7 Å². The average molecular weight is 371 g/mol. The van der Waals surface area contributed by atoms with Crippen LogP contribution in [0.25, 0.3) is 0 Å². The molecule has 1 amide bonds. The summed E-state index contributed by atoms with van der Waals surface area (Å²) in [6.07, 6.45) is 0.941. The lowest BCUT2D eigenvalue weighted by Crippen LogP contribution is -2.49. The van der Waals surface area contributed by atoms with Gasteiger partial charge >= 0.3 is 0 Å². The largest absolute Gasteiger partial charge is 0.493 e. The van der Waals surface area contributed by atoms with E-state index in [-0.39, 0.29) is 11.8 Å². The summed E-state index contributed by atoms with van der Waals surface area (Å²) >= 11 is 6.29. The number of amides is 1. The van der Waals surface area contributed by atoms with Gasteiger partial charge in [-0.2, -0.15) is 0 Å². The molecule has 0 unspecified atom stereocenters. The molecule has 0 bridgehead atoms. The number of hydrogen-bond donors (Lipinski definition) is 0. The molecule has 4 nitrogen and oxygen atoms in total. The second-order valence-corrected chi connectivity index (χ2v) is 7.40. The van der Waals surface area contributed by atoms with E-state index in [2.05, 4.69) is 4.90 Å². The number of rotatable bonds is 5. The molecule has 0 spiro atoms. The molecule has 2 aliphatic rings. The van der Waals surface area contributed by atoms with Gasteiger partial charge in [0.25, 0.3) is 0 Å². The Hall–Kier alpha value is -2.20. The normalized spacial score (nSPS) is 22.2. The first-order chi connectivity index (χ1) is 12.7. The molecule has 1 aliphatic heterocycles. The molecule has 1 heterocycles. The van der Waals surface area contributed by atoms with Crippen LogP contribution in [-0.2, 0) is 4.79 Å². The van der Waals surface area contributed by atoms with Crippen LogP contribution in [0.4, 0.5) is 5.69 Å². The highest BCUT2D eigenvalue weighted by atomic mass is 35.5. The maximum atomic E-state index is 12.7. The molecule has 1 saturated heterocycles. The predicted octanol–water partition coefficient (Wildman–Crippen LogP) is 3.70. The maximum absolute atomic E-state index is 12.7. The van der Waals surface area contributed by atoms with Crippen LogP contribution < -0.4 is 9.64 Å². The van der Waals surface area contributed by atoms with Gasteiger partial charge in [0.1, 0.15) is 5.75 Å². The second-order valence-electron chi connectivity index (χ2n) is 6.99. The number of carbonyl (C=O) groups is 1. The standard InChI is InChI=1S/C21H23ClN2O2/c22-19-8-4-5-9-20(19)23-10-12-24(13-11-23)21(25)18-14-16(18)15-26-17-6-2-1-3-7-17/h1-9,16,18H,10-15H2/t16-,18+/m0/s1. The first-order valence-corrected chi connectivity index (χ1v) is 9.56. The van der Waals surface area contributed by atoms with Crippen LogP contribution in [0.2, 0.25) is 5.02 Å². The minimum atomic E-state index is 0.130. The maximum Gasteiger partial charge on any atom is 0.226 e. The number of carbonyl (C=O) groups excluding carboxylic acids is 1. The number of hydrogen-bond acceptors (Lipinski definition) is 3. The third-order valence-corrected chi connectivity index (χ3v) is 5.55. The number of nitrogens with zero attached hydrogens (tertiary/aromatic N) is 2. The smallest absolute Gasteiger partial charge is 0.226 e. The predicted molar refractivity (Wildman–Crippen MR) is 104 cm³/mol. The van der Waals surface area contributed by atoms with Gasteiger partial charge in [-0.3, -0.25) is 4.79 Å². The van der Waals surface area contributed by atoms with Crippen LogP contribution in [0.15, 0.2) is 54.6 Å². The molecule has 2 aromatic carbocycles. The number of benzene rings is 2. The van der Waals surface area contributed by atoms with Crippen LogP contribution in [-0.4, -0.2) is 43.6 Å². The molecule has 2 atom stereocenters. The second kappa shape index (κ2) is 7.58. The average Bonchev–Trinajstić information content (AvgIpc) is 3.47. The summed E-state index contributed by atoms with van der Waals surface area (Å²) in [5, 5.41) is 0.771. The fourth-order valence-electron chi connectivity index (χ4n) is 3.56. The van der Waals surface area contributed by atoms with Gasteiger partial charge in [0.05, 0.1) is 17.3 Å². The van der Waals surface area contributed by atoms with Crippen molar-refractivity contribution in [2.45, 2.75) is 6.42 Å². The summed E-state index contributed by atoms with van der Waals surface area (Å²) in [4.78, 5) is 17.0. The van der Waals surface area contributed by atoms with E-state index in [9.17, 15) is 4.79 Å². The van der Waals surface area contributed by atoms with Crippen LogP contribution in [0.3, 0.4) is 0 Å². The van der Waals surface area contributed by atoms with Crippen molar-refractivity contribution < 1.29 is 9.53 Å². The lowest BCUT2D eigenvalue weighted by molar-refractivity contribution is -0.133. The summed E-state index contributed by atoms with van der Waals surface area (Å²) in [5.41, 5.74) is 1.06. The van der Waals surface area contributed by atoms with Gasteiger partial charge in [0.2, 0.25) is 5.91 Å². The van der Waals surface area contributed by atoms with Gasteiger partial charge in [-0.1, -0.05) is 41.9 Å². The zero-order valence-electron chi connectivity index (χ0n) is 14.7. The van der Waals surface area contributed by atoms with E-state index >= 15 is 0 Å². The van der Waals surface area contributed by atoms with Crippen molar-refractivity contribution >= 4 is 23.2 Å². The van der Waals surface area contributed by atoms with Crippen molar-refractivity contribution in [1.29, 1.82) is 0 Å². The van der Waals surface area contributed by atoms with Gasteiger partial charge in [-0.05, 0) is 30.7 Å². The number of para-hydroxylation sites is 2. The molecule has 0 radical (unpaired) electrons. The van der Waals surface area contributed by atoms with E-state index in [0.717, 1.165) is 49.1 Å². The molecule has 4 rings (SSSR count). The topological polar surface area (TPSA) is 32.8 Å². The molecular weight excluding hydrogens is 348 g/mol. The lowest BCUT2D eigenvalue weighted by atomic mass is 10.2. The van der Waals surface area contributed by atoms with Crippen LogP contribution in [0, 0.1) is 11.8 Å². The summed E-state index contributed by atoms with van der Waals surface area (Å²) in [6, 6.07) is 17.7. The van der Waals surface area contributed by atoms with E-state index in [1.54, 1.807) is 0 Å². The summed E-state index contributed by atoms with van der Waals surface area (Å²) in [7, 11) is 0. The zero-order chi connectivity index (χ0) is 17.9. The Balaban J connectivity index is 1.25. The van der Waals surface area contributed by atoms with E-state index in [0.29, 0.717) is 12.5 Å². The van der Waals surface area contributed by atoms with E-state index in [1.807, 2.05) is 59.5 Å². The Labute approximate surface area is 159 Å². The van der Waals surface area contributed by atoms with Gasteiger partial charge in [0, 0.05) is 38.0 Å². The minimum absolute atomic E-state index is 0.130. The Morgan fingerprint density at radius 3 is 2.42 bits per heavy atom. The van der Waals surface area contributed by atoms with Gasteiger partial charge in [-0.15, -0.1) is 0 Å². The lowest BCUT2D eigenvalue weighted by Gasteiger charge is -2.36. The molecule has 0 N–H and O–H groups in total. The molecule has 0 aromatic heterocycles. The zero-order valence-corrected chi connectivity index (χ0v) is 15.4. The van der Waals surface area contributed by atoms with E-state index in [1.165, 1.54) is 0 Å². The van der Waals surface area contributed by atoms with Crippen LogP contribution in [0.1, 0.15) is 6.42 Å². The van der Waals surface area contributed by atoms with Crippen molar-refractivity contribution in [1.82, 2.24) is 4.90 Å². The highest BCUT2D eigenvalue weighted by Gasteiger charge is 2.45. The molecule has 1 aliphatic carbocycles. The van der Waals surface area contributed by atoms with Crippen molar-refractivity contribution in [2.24, 2.45) is 11.8 Å². The molecule has 26 heavy (non-hydrogen) atoms. The molecule has 1 saturated carbocycles. The fourth-order valence-corrected chi connectivity index (χ4v) is 3.82. The Morgan fingerprint density at radius 2 is 1.69 bits per heavy atom. The quantitative estimate of drug-likeness (QED) is 0.804. The number of ether oxygens (including phenoxy) is 1. The SMILES string of the molecule is O=C([C@@H]1C[C@H]1COc1ccccc1)N1CCN(c2ccccc2Cl)CC1. The Morgan fingerprint density at radius 1 is 1.00 bits per heavy atom. The van der Waals surface area contributed by atoms with Gasteiger partial charge in [0.15, 0.2) is 0 Å². The molecule has 2 aromatic rings. The summed E-state index contributed by atoms with van der Waals surface area (Å²) in [6.45, 7) is 3.79. The summed E-state index contributed by atoms with van der Waals surface area (Å²) < 4.78 is 5.79. The van der Waals surface area contributed by atoms with E-state index in [4.69, 9.17) is 16.3 Å². The van der Waals surface area contributed by atoms with E-state index < -0.39 is 0 Å². The van der Waals surface area contributed by atoms with Crippen LogP contribution in [0.5, 0.6) is 5.75 Å². The molecule has 136 valence electrons. The number of piperazine rings is 1. The first kappa shape index (κ1) is 17.2. The first-order valence-electron chi connectivity index (χ1n) is 9.18. The molecular formula is C21H23ClN2O2. The van der Waals surface area contributed by atoms with Crippen molar-refractivity contribution in [3.63, 3.8) is 0 Å². The van der Waals surface area contributed by atoms with Gasteiger partial charge < -0.3 is 14.5 Å².